The first-order chi connectivity index (χ1) is 8.74. The standard InChI is InChI=1S/C11H15N5O2/c1-7(5-6-12)11-13-10(16-18-11)8-3-4-9(17-2)15-14-8/h3-4,7H,5-6,12H2,1-2H3. The summed E-state index contributed by atoms with van der Waals surface area (Å²) in [6, 6.07) is 3.43. The summed E-state index contributed by atoms with van der Waals surface area (Å²) in [5.74, 6) is 1.57. The van der Waals surface area contributed by atoms with E-state index < -0.39 is 0 Å². The highest BCUT2D eigenvalue weighted by Gasteiger charge is 2.15. The Balaban J connectivity index is 2.18. The molecule has 0 aliphatic heterocycles. The van der Waals surface area contributed by atoms with E-state index in [4.69, 9.17) is 15.0 Å². The molecule has 0 aliphatic carbocycles. The Morgan fingerprint density at radius 1 is 1.39 bits per heavy atom. The van der Waals surface area contributed by atoms with Crippen LogP contribution in [0, 0.1) is 0 Å². The monoisotopic (exact) mass is 249 g/mol. The molecule has 0 amide bonds. The molecule has 0 saturated heterocycles. The van der Waals surface area contributed by atoms with Crippen molar-refractivity contribution in [1.82, 2.24) is 20.3 Å². The molecule has 2 aromatic heterocycles. The van der Waals surface area contributed by atoms with E-state index in [0.29, 0.717) is 29.8 Å². The van der Waals surface area contributed by atoms with Gasteiger partial charge in [-0.3, -0.25) is 0 Å². The minimum atomic E-state index is 0.141. The SMILES string of the molecule is COc1ccc(-c2noc(C(C)CCN)n2)nn1. The van der Waals surface area contributed by atoms with Gasteiger partial charge in [0.15, 0.2) is 0 Å². The number of nitrogens with zero attached hydrogens (tertiary/aromatic N) is 4. The van der Waals surface area contributed by atoms with Gasteiger partial charge in [0.25, 0.3) is 0 Å². The van der Waals surface area contributed by atoms with Gasteiger partial charge in [-0.25, -0.2) is 0 Å². The van der Waals surface area contributed by atoms with Crippen molar-refractivity contribution in [1.29, 1.82) is 0 Å². The second kappa shape index (κ2) is 5.54. The molecule has 0 saturated carbocycles. The van der Waals surface area contributed by atoms with E-state index in [1.165, 1.54) is 7.11 Å². The highest BCUT2D eigenvalue weighted by atomic mass is 16.5. The molecule has 0 aliphatic rings. The Hall–Kier alpha value is -2.02. The topological polar surface area (TPSA) is 100.0 Å². The van der Waals surface area contributed by atoms with Crippen LogP contribution in [0.1, 0.15) is 25.2 Å². The number of aromatic nitrogens is 4. The van der Waals surface area contributed by atoms with Gasteiger partial charge in [0.05, 0.1) is 7.11 Å². The van der Waals surface area contributed by atoms with E-state index in [2.05, 4.69) is 20.3 Å². The number of methoxy groups -OCH3 is 1. The molecule has 0 spiro atoms. The van der Waals surface area contributed by atoms with E-state index in [1.807, 2.05) is 6.92 Å². The zero-order chi connectivity index (χ0) is 13.0. The Kier molecular flexibility index (Phi) is 3.83. The Labute approximate surface area is 104 Å². The molecule has 2 heterocycles. The Morgan fingerprint density at radius 3 is 2.83 bits per heavy atom. The summed E-state index contributed by atoms with van der Waals surface area (Å²) in [5, 5.41) is 11.7. The molecule has 7 heteroatoms. The molecular weight excluding hydrogens is 234 g/mol. The van der Waals surface area contributed by atoms with Gasteiger partial charge in [0, 0.05) is 12.0 Å². The third-order valence-electron chi connectivity index (χ3n) is 2.54. The van der Waals surface area contributed by atoms with E-state index in [1.54, 1.807) is 12.1 Å². The van der Waals surface area contributed by atoms with Crippen molar-refractivity contribution < 1.29 is 9.26 Å². The average Bonchev–Trinajstić information content (AvgIpc) is 2.89. The van der Waals surface area contributed by atoms with Crippen LogP contribution in [0.5, 0.6) is 5.88 Å². The van der Waals surface area contributed by atoms with Crippen molar-refractivity contribution in [3.63, 3.8) is 0 Å². The van der Waals surface area contributed by atoms with Crippen molar-refractivity contribution in [2.24, 2.45) is 5.73 Å². The van der Waals surface area contributed by atoms with Gasteiger partial charge in [-0.1, -0.05) is 12.1 Å². The number of hydrogen-bond acceptors (Lipinski definition) is 7. The minimum absolute atomic E-state index is 0.141. The van der Waals surface area contributed by atoms with Crippen LogP contribution < -0.4 is 10.5 Å². The second-order valence-electron chi connectivity index (χ2n) is 3.90. The van der Waals surface area contributed by atoms with Gasteiger partial charge in [-0.2, -0.15) is 4.98 Å². The Morgan fingerprint density at radius 2 is 2.22 bits per heavy atom. The fourth-order valence-electron chi connectivity index (χ4n) is 1.46. The van der Waals surface area contributed by atoms with E-state index in [9.17, 15) is 0 Å². The van der Waals surface area contributed by atoms with Crippen molar-refractivity contribution in [2.45, 2.75) is 19.3 Å². The van der Waals surface area contributed by atoms with Crippen LogP contribution in [0.2, 0.25) is 0 Å². The van der Waals surface area contributed by atoms with Crippen molar-refractivity contribution in [2.75, 3.05) is 13.7 Å². The number of hydrogen-bond donors (Lipinski definition) is 1. The van der Waals surface area contributed by atoms with Gasteiger partial charge in [0.1, 0.15) is 5.69 Å². The van der Waals surface area contributed by atoms with Gasteiger partial charge in [-0.05, 0) is 19.0 Å². The first kappa shape index (κ1) is 12.4. The van der Waals surface area contributed by atoms with Crippen molar-refractivity contribution in [3.05, 3.63) is 18.0 Å². The first-order valence-electron chi connectivity index (χ1n) is 5.66. The van der Waals surface area contributed by atoms with Crippen LogP contribution in [-0.2, 0) is 0 Å². The fourth-order valence-corrected chi connectivity index (χ4v) is 1.46. The van der Waals surface area contributed by atoms with E-state index in [0.717, 1.165) is 6.42 Å². The second-order valence-corrected chi connectivity index (χ2v) is 3.90. The van der Waals surface area contributed by atoms with Crippen LogP contribution >= 0.6 is 0 Å². The predicted octanol–water partition coefficient (Wildman–Crippen LogP) is 0.988. The molecule has 2 aromatic rings. The smallest absolute Gasteiger partial charge is 0.233 e. The molecule has 1 atom stereocenters. The van der Waals surface area contributed by atoms with E-state index in [-0.39, 0.29) is 5.92 Å². The quantitative estimate of drug-likeness (QED) is 0.843. The molecule has 0 radical (unpaired) electrons. The van der Waals surface area contributed by atoms with Crippen molar-refractivity contribution in [3.8, 4) is 17.4 Å². The summed E-state index contributed by atoms with van der Waals surface area (Å²) >= 11 is 0. The molecule has 18 heavy (non-hydrogen) atoms. The van der Waals surface area contributed by atoms with Gasteiger partial charge in [-0.15, -0.1) is 10.2 Å². The molecule has 7 nitrogen and oxygen atoms in total. The Bertz CT molecular complexity index is 496. The summed E-state index contributed by atoms with van der Waals surface area (Å²) in [6.07, 6.45) is 0.802. The normalized spacial score (nSPS) is 12.4. The maximum atomic E-state index is 5.49. The third-order valence-corrected chi connectivity index (χ3v) is 2.54. The highest BCUT2D eigenvalue weighted by Crippen LogP contribution is 2.20. The summed E-state index contributed by atoms with van der Waals surface area (Å²) in [5.41, 5.74) is 6.04. The zero-order valence-electron chi connectivity index (χ0n) is 10.3. The minimum Gasteiger partial charge on any atom is -0.480 e. The number of ether oxygens (including phenoxy) is 1. The van der Waals surface area contributed by atoms with E-state index >= 15 is 0 Å². The third kappa shape index (κ3) is 2.62. The first-order valence-corrected chi connectivity index (χ1v) is 5.66. The lowest BCUT2D eigenvalue weighted by Gasteiger charge is -2.01. The van der Waals surface area contributed by atoms with Crippen LogP contribution in [-0.4, -0.2) is 34.0 Å². The highest BCUT2D eigenvalue weighted by molar-refractivity contribution is 5.47. The molecule has 2 N–H and O–H groups in total. The van der Waals surface area contributed by atoms with Crippen LogP contribution in [0.25, 0.3) is 11.5 Å². The molecule has 1 unspecified atom stereocenters. The largest absolute Gasteiger partial charge is 0.480 e. The van der Waals surface area contributed by atoms with Crippen LogP contribution in [0.4, 0.5) is 0 Å². The molecule has 2 rings (SSSR count). The lowest BCUT2D eigenvalue weighted by atomic mass is 10.1. The lowest BCUT2D eigenvalue weighted by Crippen LogP contribution is -2.04. The summed E-state index contributed by atoms with van der Waals surface area (Å²) in [6.45, 7) is 2.57. The predicted molar refractivity (Wildman–Crippen MR) is 64.0 cm³/mol. The average molecular weight is 249 g/mol. The van der Waals surface area contributed by atoms with Crippen LogP contribution in [0.15, 0.2) is 16.7 Å². The molecular formula is C11H15N5O2. The summed E-state index contributed by atoms with van der Waals surface area (Å²) < 4.78 is 10.1. The zero-order valence-corrected chi connectivity index (χ0v) is 10.3. The molecule has 0 bridgehead atoms. The number of nitrogens with two attached hydrogens (primary N) is 1. The lowest BCUT2D eigenvalue weighted by molar-refractivity contribution is 0.355. The van der Waals surface area contributed by atoms with Gasteiger partial charge >= 0.3 is 0 Å². The molecule has 0 fully saturated rings. The van der Waals surface area contributed by atoms with Crippen molar-refractivity contribution >= 4 is 0 Å². The van der Waals surface area contributed by atoms with Crippen LogP contribution in [0.3, 0.4) is 0 Å². The maximum absolute atomic E-state index is 5.49. The summed E-state index contributed by atoms with van der Waals surface area (Å²) in [4.78, 5) is 4.28. The van der Waals surface area contributed by atoms with Gasteiger partial charge < -0.3 is 15.0 Å². The number of rotatable bonds is 5. The molecule has 96 valence electrons. The molecule has 0 aromatic carbocycles. The summed E-state index contributed by atoms with van der Waals surface area (Å²) in [7, 11) is 1.53. The fraction of sp³-hybridized carbons (Fsp3) is 0.455. The maximum Gasteiger partial charge on any atom is 0.233 e. The van der Waals surface area contributed by atoms with Gasteiger partial charge in [0.2, 0.25) is 17.6 Å².